The summed E-state index contributed by atoms with van der Waals surface area (Å²) in [5.41, 5.74) is 0.415. The van der Waals surface area contributed by atoms with Crippen LogP contribution in [0.5, 0.6) is 0 Å². The van der Waals surface area contributed by atoms with Crippen LogP contribution in [-0.2, 0) is 0 Å². The molecule has 19 heavy (non-hydrogen) atoms. The summed E-state index contributed by atoms with van der Waals surface area (Å²) >= 11 is 0.944. The van der Waals surface area contributed by atoms with Crippen LogP contribution in [0.25, 0.3) is 0 Å². The molecule has 2 aromatic rings. The van der Waals surface area contributed by atoms with Crippen LogP contribution >= 0.6 is 11.8 Å². The minimum atomic E-state index is -1.07. The van der Waals surface area contributed by atoms with Crippen molar-refractivity contribution in [3.63, 3.8) is 0 Å². The van der Waals surface area contributed by atoms with Crippen molar-refractivity contribution in [1.82, 2.24) is 4.98 Å². The van der Waals surface area contributed by atoms with E-state index < -0.39 is 17.6 Å². The maximum absolute atomic E-state index is 13.5. The number of aromatic carboxylic acids is 1. The van der Waals surface area contributed by atoms with E-state index in [0.29, 0.717) is 10.7 Å². The van der Waals surface area contributed by atoms with Crippen LogP contribution in [0.3, 0.4) is 0 Å². The third-order valence-electron chi connectivity index (χ3n) is 2.40. The molecule has 1 N–H and O–H groups in total. The summed E-state index contributed by atoms with van der Waals surface area (Å²) in [6.07, 6.45) is 0. The molecule has 1 aromatic heterocycles. The van der Waals surface area contributed by atoms with E-state index in [4.69, 9.17) is 5.11 Å². The van der Waals surface area contributed by atoms with E-state index in [2.05, 4.69) is 4.98 Å². The van der Waals surface area contributed by atoms with E-state index in [0.717, 1.165) is 30.0 Å². The predicted molar refractivity (Wildman–Crippen MR) is 66.4 cm³/mol. The van der Waals surface area contributed by atoms with Crippen molar-refractivity contribution in [2.75, 3.05) is 0 Å². The molecule has 0 fully saturated rings. The van der Waals surface area contributed by atoms with E-state index in [-0.39, 0.29) is 10.5 Å². The van der Waals surface area contributed by atoms with Gasteiger partial charge in [0.15, 0.2) is 0 Å². The number of carboxylic acid groups (broad SMARTS) is 1. The Morgan fingerprint density at radius 2 is 2.00 bits per heavy atom. The minimum Gasteiger partial charge on any atom is -0.478 e. The topological polar surface area (TPSA) is 50.2 Å². The van der Waals surface area contributed by atoms with Crippen LogP contribution in [0.4, 0.5) is 8.78 Å². The Morgan fingerprint density at radius 1 is 1.26 bits per heavy atom. The zero-order valence-electron chi connectivity index (χ0n) is 9.85. The first kappa shape index (κ1) is 13.5. The monoisotopic (exact) mass is 281 g/mol. The maximum atomic E-state index is 13.5. The fourth-order valence-electron chi connectivity index (χ4n) is 1.49. The molecule has 0 aliphatic rings. The summed E-state index contributed by atoms with van der Waals surface area (Å²) in [5.74, 6) is -2.16. The smallest absolute Gasteiger partial charge is 0.337 e. The third-order valence-corrected chi connectivity index (χ3v) is 3.37. The number of hydrogen-bond donors (Lipinski definition) is 1. The lowest BCUT2D eigenvalue weighted by atomic mass is 10.2. The normalized spacial score (nSPS) is 10.5. The number of benzene rings is 1. The number of hydrogen-bond acceptors (Lipinski definition) is 3. The number of aromatic nitrogens is 1. The average molecular weight is 281 g/mol. The SMILES string of the molecule is Cc1nc(Sc2cc(F)ccc2F)ccc1C(=O)O. The summed E-state index contributed by atoms with van der Waals surface area (Å²) in [5, 5.41) is 9.28. The second kappa shape index (κ2) is 5.36. The third kappa shape index (κ3) is 3.08. The Kier molecular flexibility index (Phi) is 3.80. The highest BCUT2D eigenvalue weighted by atomic mass is 32.2. The van der Waals surface area contributed by atoms with Crippen LogP contribution in [0, 0.1) is 18.6 Å². The lowest BCUT2D eigenvalue weighted by molar-refractivity contribution is 0.0695. The summed E-state index contributed by atoms with van der Waals surface area (Å²) in [6, 6.07) is 6.00. The van der Waals surface area contributed by atoms with E-state index in [9.17, 15) is 13.6 Å². The fourth-order valence-corrected chi connectivity index (χ4v) is 2.37. The van der Waals surface area contributed by atoms with Crippen LogP contribution < -0.4 is 0 Å². The van der Waals surface area contributed by atoms with Crippen molar-refractivity contribution in [3.8, 4) is 0 Å². The van der Waals surface area contributed by atoms with Gasteiger partial charge < -0.3 is 5.11 Å². The van der Waals surface area contributed by atoms with Crippen molar-refractivity contribution in [2.45, 2.75) is 16.8 Å². The van der Waals surface area contributed by atoms with Crippen LogP contribution in [0.2, 0.25) is 0 Å². The Hall–Kier alpha value is -1.95. The molecule has 0 aliphatic carbocycles. The number of carboxylic acids is 1. The van der Waals surface area contributed by atoms with Gasteiger partial charge in [0, 0.05) is 0 Å². The molecule has 6 heteroatoms. The van der Waals surface area contributed by atoms with E-state index in [1.807, 2.05) is 0 Å². The molecular weight excluding hydrogens is 272 g/mol. The fraction of sp³-hybridized carbons (Fsp3) is 0.0769. The van der Waals surface area contributed by atoms with Gasteiger partial charge in [-0.05, 0) is 37.3 Å². The van der Waals surface area contributed by atoms with Gasteiger partial charge in [-0.15, -0.1) is 0 Å². The van der Waals surface area contributed by atoms with Crippen LogP contribution in [-0.4, -0.2) is 16.1 Å². The number of carbonyl (C=O) groups is 1. The zero-order chi connectivity index (χ0) is 14.0. The van der Waals surface area contributed by atoms with Crippen molar-refractivity contribution in [1.29, 1.82) is 0 Å². The molecule has 3 nitrogen and oxygen atoms in total. The molecule has 0 radical (unpaired) electrons. The van der Waals surface area contributed by atoms with Gasteiger partial charge in [-0.3, -0.25) is 0 Å². The standard InChI is InChI=1S/C13H9F2NO2S/c1-7-9(13(17)18)3-5-12(16-7)19-11-6-8(14)2-4-10(11)15/h2-6H,1H3,(H,17,18). The molecule has 0 spiro atoms. The molecule has 0 saturated carbocycles. The first-order valence-electron chi connectivity index (χ1n) is 5.31. The first-order valence-corrected chi connectivity index (χ1v) is 6.13. The number of nitrogens with zero attached hydrogens (tertiary/aromatic N) is 1. The second-order valence-corrected chi connectivity index (χ2v) is 4.83. The summed E-state index contributed by atoms with van der Waals surface area (Å²) in [7, 11) is 0. The molecule has 0 aliphatic heterocycles. The molecule has 1 heterocycles. The van der Waals surface area contributed by atoms with Gasteiger partial charge >= 0.3 is 5.97 Å². The van der Waals surface area contributed by atoms with Gasteiger partial charge in [0.25, 0.3) is 0 Å². The van der Waals surface area contributed by atoms with Gasteiger partial charge in [-0.25, -0.2) is 18.6 Å². The van der Waals surface area contributed by atoms with Gasteiger partial charge in [0.05, 0.1) is 16.2 Å². The van der Waals surface area contributed by atoms with Gasteiger partial charge in [0.2, 0.25) is 0 Å². The molecule has 0 atom stereocenters. The largest absolute Gasteiger partial charge is 0.478 e. The molecule has 0 bridgehead atoms. The summed E-state index contributed by atoms with van der Waals surface area (Å²) in [6.45, 7) is 1.55. The lowest BCUT2D eigenvalue weighted by Gasteiger charge is -2.05. The number of halogens is 2. The highest BCUT2D eigenvalue weighted by Gasteiger charge is 2.11. The van der Waals surface area contributed by atoms with Crippen molar-refractivity contribution in [2.24, 2.45) is 0 Å². The molecule has 1 aromatic carbocycles. The van der Waals surface area contributed by atoms with E-state index >= 15 is 0 Å². The van der Waals surface area contributed by atoms with E-state index in [1.165, 1.54) is 12.1 Å². The van der Waals surface area contributed by atoms with E-state index in [1.54, 1.807) is 6.92 Å². The van der Waals surface area contributed by atoms with Crippen LogP contribution in [0.1, 0.15) is 16.1 Å². The Bertz CT molecular complexity index is 647. The van der Waals surface area contributed by atoms with Crippen molar-refractivity contribution >= 4 is 17.7 Å². The zero-order valence-corrected chi connectivity index (χ0v) is 10.7. The Labute approximate surface area is 112 Å². The Balaban J connectivity index is 2.31. The maximum Gasteiger partial charge on any atom is 0.337 e. The molecule has 2 rings (SSSR count). The molecule has 0 amide bonds. The van der Waals surface area contributed by atoms with Crippen molar-refractivity contribution in [3.05, 3.63) is 53.2 Å². The predicted octanol–water partition coefficient (Wildman–Crippen LogP) is 3.52. The molecule has 0 unspecified atom stereocenters. The van der Waals surface area contributed by atoms with Crippen LogP contribution in [0.15, 0.2) is 40.3 Å². The summed E-state index contributed by atoms with van der Waals surface area (Å²) < 4.78 is 26.5. The highest BCUT2D eigenvalue weighted by molar-refractivity contribution is 7.99. The summed E-state index contributed by atoms with van der Waals surface area (Å²) in [4.78, 5) is 15.0. The molecule has 98 valence electrons. The van der Waals surface area contributed by atoms with Crippen molar-refractivity contribution < 1.29 is 18.7 Å². The van der Waals surface area contributed by atoms with Gasteiger partial charge in [0.1, 0.15) is 16.7 Å². The average Bonchev–Trinajstić information content (AvgIpc) is 2.33. The van der Waals surface area contributed by atoms with Gasteiger partial charge in [-0.2, -0.15) is 0 Å². The lowest BCUT2D eigenvalue weighted by Crippen LogP contribution is -2.01. The van der Waals surface area contributed by atoms with Gasteiger partial charge in [-0.1, -0.05) is 11.8 Å². The Morgan fingerprint density at radius 3 is 2.63 bits per heavy atom. The first-order chi connectivity index (χ1) is 8.97. The highest BCUT2D eigenvalue weighted by Crippen LogP contribution is 2.29. The minimum absolute atomic E-state index is 0.0871. The number of aryl methyl sites for hydroxylation is 1. The second-order valence-electron chi connectivity index (χ2n) is 3.76. The molecule has 0 saturated heterocycles. The number of rotatable bonds is 3. The molecular formula is C13H9F2NO2S. The number of pyridine rings is 1. The quantitative estimate of drug-likeness (QED) is 0.935.